The standard InChI is InChI=1S/C29H40N6O10.C25H37N5O8/c1-17(2)26(34-22(37)7-4-8-25(40)45-35-23(38)13-14-24(35)39)28(42)33-21(6-5-15-31-29(30)43)27(41)32-20-11-9-19(10-12-20)16-44-18(3)36;1-15(2)22(30-20(32)7-4-8-21(33)34)24(36)29-19(6-5-13-27-25(26)37)23(35)28-18-11-9-17(10-12-18)14-38-16(3)31/h9-12,17,21,26H,4-8,13-16H2,1-3H3,(H,32,41)(H,33,42)(H,34,37)(H3,30,31,43);9-12,15,19,22H,4-8,13-14H2,1-3H3,(H,28,35)(H,29,36)(H,30,32)(H,33,34)(H3,26,27,37)/t21-,26-;19-,22-/m00/s1. The molecule has 1 aliphatic rings. The van der Waals surface area contributed by atoms with Gasteiger partial charge in [0.2, 0.25) is 35.4 Å². The van der Waals surface area contributed by atoms with Crippen molar-refractivity contribution >= 4 is 94.6 Å². The molecule has 29 heteroatoms. The van der Waals surface area contributed by atoms with Crippen LogP contribution < -0.4 is 54.0 Å². The van der Waals surface area contributed by atoms with E-state index in [0.717, 1.165) is 5.56 Å². The molecule has 1 saturated heterocycles. The highest BCUT2D eigenvalue weighted by Crippen LogP contribution is 2.17. The fourth-order valence-electron chi connectivity index (χ4n) is 7.45. The van der Waals surface area contributed by atoms with Gasteiger partial charge >= 0.3 is 35.9 Å². The highest BCUT2D eigenvalue weighted by molar-refractivity contribution is 6.02. The largest absolute Gasteiger partial charge is 0.481 e. The second-order valence-corrected chi connectivity index (χ2v) is 19.6. The maximum atomic E-state index is 13.3. The molecule has 13 N–H and O–H groups in total. The van der Waals surface area contributed by atoms with E-state index in [1.807, 2.05) is 0 Å². The number of amides is 12. The van der Waals surface area contributed by atoms with Crippen molar-refractivity contribution in [3.63, 3.8) is 0 Å². The maximum Gasteiger partial charge on any atom is 0.333 e. The minimum absolute atomic E-state index is 0.0326. The number of aliphatic carboxylic acids is 1. The number of carbonyl (C=O) groups is 14. The molecule has 0 spiro atoms. The van der Waals surface area contributed by atoms with E-state index in [9.17, 15) is 67.1 Å². The minimum Gasteiger partial charge on any atom is -0.481 e. The van der Waals surface area contributed by atoms with Gasteiger partial charge in [0.05, 0.1) is 0 Å². The fraction of sp³-hybridized carbons (Fsp3) is 0.519. The Bertz CT molecular complexity index is 2580. The Hall–Kier alpha value is -9.18. The van der Waals surface area contributed by atoms with Crippen LogP contribution in [-0.2, 0) is 85.1 Å². The first-order valence-corrected chi connectivity index (χ1v) is 26.8. The molecule has 0 saturated carbocycles. The van der Waals surface area contributed by atoms with Crippen molar-refractivity contribution in [2.75, 3.05) is 23.7 Å². The molecule has 1 fully saturated rings. The first-order valence-electron chi connectivity index (χ1n) is 26.8. The quantitative estimate of drug-likeness (QED) is 0.0274. The van der Waals surface area contributed by atoms with Crippen LogP contribution in [0.15, 0.2) is 48.5 Å². The molecule has 0 unspecified atom stereocenters. The van der Waals surface area contributed by atoms with Crippen LogP contribution in [0.4, 0.5) is 21.0 Å². The SMILES string of the molecule is CC(=O)OCc1ccc(NC(=O)[C@H](CCCNC(N)=O)NC(=O)[C@@H](NC(=O)CCCC(=O)O)C(C)C)cc1.CC(=O)OCc1ccc(NC(=O)[C@H](CCCNC(N)=O)NC(=O)[C@@H](NC(=O)CCCC(=O)ON2C(=O)CCC2=O)C(C)C)cc1. The molecule has 0 bridgehead atoms. The van der Waals surface area contributed by atoms with Gasteiger partial charge in [-0.25, -0.2) is 14.4 Å². The Balaban J connectivity index is 0.000000575. The topological polar surface area (TPSA) is 438 Å². The van der Waals surface area contributed by atoms with Gasteiger partial charge < -0.3 is 73.4 Å². The van der Waals surface area contributed by atoms with Crippen molar-refractivity contribution in [1.29, 1.82) is 0 Å². The molecule has 2 aromatic rings. The lowest BCUT2D eigenvalue weighted by Crippen LogP contribution is -2.54. The van der Waals surface area contributed by atoms with Gasteiger partial charge in [-0.3, -0.25) is 52.7 Å². The maximum absolute atomic E-state index is 13.3. The van der Waals surface area contributed by atoms with Crippen molar-refractivity contribution in [1.82, 2.24) is 37.0 Å². The van der Waals surface area contributed by atoms with Gasteiger partial charge in [-0.15, -0.1) is 5.06 Å². The van der Waals surface area contributed by atoms with E-state index in [0.29, 0.717) is 34.8 Å². The normalized spacial score (nSPS) is 13.1. The molecule has 0 radical (unpaired) electrons. The number of imide groups is 1. The predicted molar refractivity (Wildman–Crippen MR) is 295 cm³/mol. The van der Waals surface area contributed by atoms with E-state index >= 15 is 0 Å². The first kappa shape index (κ1) is 69.9. The third-order valence-electron chi connectivity index (χ3n) is 11.8. The van der Waals surface area contributed by atoms with Crippen LogP contribution in [0, 0.1) is 11.8 Å². The van der Waals surface area contributed by atoms with Gasteiger partial charge in [0.25, 0.3) is 11.8 Å². The van der Waals surface area contributed by atoms with Gasteiger partial charge in [-0.1, -0.05) is 52.0 Å². The zero-order valence-corrected chi connectivity index (χ0v) is 47.4. The van der Waals surface area contributed by atoms with E-state index in [1.165, 1.54) is 13.8 Å². The molecule has 2 aromatic carbocycles. The summed E-state index contributed by atoms with van der Waals surface area (Å²) in [7, 11) is 0. The number of nitrogens with one attached hydrogen (secondary N) is 8. The highest BCUT2D eigenvalue weighted by Gasteiger charge is 2.34. The summed E-state index contributed by atoms with van der Waals surface area (Å²) in [5.74, 6) is -7.88. The summed E-state index contributed by atoms with van der Waals surface area (Å²) in [6, 6.07) is 7.69. The lowest BCUT2D eigenvalue weighted by atomic mass is 10.0. The molecule has 3 rings (SSSR count). The van der Waals surface area contributed by atoms with E-state index in [-0.39, 0.29) is 102 Å². The molecule has 4 atom stereocenters. The third kappa shape index (κ3) is 29.2. The van der Waals surface area contributed by atoms with Crippen molar-refractivity contribution in [3.05, 3.63) is 59.7 Å². The molecule has 456 valence electrons. The molecule has 1 aliphatic heterocycles. The van der Waals surface area contributed by atoms with E-state index in [1.54, 1.807) is 76.2 Å². The second-order valence-electron chi connectivity index (χ2n) is 19.6. The number of ether oxygens (including phenoxy) is 2. The monoisotopic (exact) mass is 1170 g/mol. The molecule has 29 nitrogen and oxygen atoms in total. The summed E-state index contributed by atoms with van der Waals surface area (Å²) in [6.45, 7) is 9.97. The van der Waals surface area contributed by atoms with Gasteiger partial charge in [0.1, 0.15) is 37.4 Å². The number of rotatable bonds is 33. The van der Waals surface area contributed by atoms with Crippen LogP contribution in [0.1, 0.15) is 130 Å². The molecule has 1 heterocycles. The van der Waals surface area contributed by atoms with Crippen LogP contribution in [-0.4, -0.2) is 131 Å². The Morgan fingerprint density at radius 3 is 1.24 bits per heavy atom. The number of hydrogen-bond donors (Lipinski definition) is 11. The number of carboxylic acid groups (broad SMARTS) is 1. The lowest BCUT2D eigenvalue weighted by Gasteiger charge is -2.25. The summed E-state index contributed by atoms with van der Waals surface area (Å²) >= 11 is 0. The Labute approximate surface area is 479 Å². The van der Waals surface area contributed by atoms with E-state index in [4.69, 9.17) is 30.9 Å². The van der Waals surface area contributed by atoms with Crippen LogP contribution in [0.3, 0.4) is 0 Å². The average molecular weight is 1170 g/mol. The summed E-state index contributed by atoms with van der Waals surface area (Å²) in [4.78, 5) is 172. The zero-order valence-electron chi connectivity index (χ0n) is 47.4. The number of benzene rings is 2. The minimum atomic E-state index is -1.04. The van der Waals surface area contributed by atoms with Crippen LogP contribution in [0.2, 0.25) is 0 Å². The average Bonchev–Trinajstić information content (AvgIpc) is 3.88. The summed E-state index contributed by atoms with van der Waals surface area (Å²) in [5.41, 5.74) is 12.5. The van der Waals surface area contributed by atoms with Gasteiger partial charge in [-0.05, 0) is 85.8 Å². The van der Waals surface area contributed by atoms with Crippen LogP contribution in [0.25, 0.3) is 0 Å². The molecule has 0 aliphatic carbocycles. The van der Waals surface area contributed by atoms with Gasteiger partial charge in [0, 0.05) is 76.8 Å². The Morgan fingerprint density at radius 2 is 0.904 bits per heavy atom. The Morgan fingerprint density at radius 1 is 0.530 bits per heavy atom. The lowest BCUT2D eigenvalue weighted by molar-refractivity contribution is -0.197. The number of anilines is 2. The number of urea groups is 2. The number of carboxylic acids is 1. The second kappa shape index (κ2) is 37.0. The number of esters is 2. The van der Waals surface area contributed by atoms with E-state index in [2.05, 4.69) is 42.5 Å². The summed E-state index contributed by atoms with van der Waals surface area (Å²) < 4.78 is 9.88. The zero-order chi connectivity index (χ0) is 62.2. The summed E-state index contributed by atoms with van der Waals surface area (Å²) in [6.07, 6.45) is 0.401. The number of primary amides is 2. The molecular weight excluding hydrogens is 1090 g/mol. The molecule has 0 aromatic heterocycles. The first-order chi connectivity index (χ1) is 39.1. The van der Waals surface area contributed by atoms with Crippen molar-refractivity contribution < 1.29 is 86.5 Å². The molecule has 83 heavy (non-hydrogen) atoms. The molecule has 12 amide bonds. The fourth-order valence-corrected chi connectivity index (χ4v) is 7.45. The Kier molecular flexibility index (Phi) is 31.1. The highest BCUT2D eigenvalue weighted by atomic mass is 16.7. The predicted octanol–water partition coefficient (Wildman–Crippen LogP) is 1.56. The number of nitrogens with two attached hydrogens (primary N) is 2. The van der Waals surface area contributed by atoms with Crippen molar-refractivity contribution in [3.8, 4) is 0 Å². The van der Waals surface area contributed by atoms with Crippen molar-refractivity contribution in [2.24, 2.45) is 23.3 Å². The van der Waals surface area contributed by atoms with E-state index < -0.39 is 107 Å². The number of nitrogens with zero attached hydrogens (tertiary/aromatic N) is 1. The van der Waals surface area contributed by atoms with Gasteiger partial charge in [-0.2, -0.15) is 0 Å². The number of carbonyl (C=O) groups excluding carboxylic acids is 13. The van der Waals surface area contributed by atoms with Crippen molar-refractivity contribution in [2.45, 2.75) is 156 Å². The smallest absolute Gasteiger partial charge is 0.333 e. The number of hydrogen-bond acceptors (Lipinski definition) is 17. The van der Waals surface area contributed by atoms with Crippen LogP contribution >= 0.6 is 0 Å². The van der Waals surface area contributed by atoms with Crippen LogP contribution in [0.5, 0.6) is 0 Å². The van der Waals surface area contributed by atoms with Gasteiger partial charge in [0.15, 0.2) is 0 Å². The third-order valence-corrected chi connectivity index (χ3v) is 11.8. The number of hydroxylamine groups is 2. The summed E-state index contributed by atoms with van der Waals surface area (Å²) in [5, 5.41) is 30.0. The molecular formula is C54H77N11O18.